The number of aliphatic carboxylic acids is 1. The highest BCUT2D eigenvalue weighted by Crippen LogP contribution is 2.31. The molecule has 0 saturated heterocycles. The average molecular weight is 405 g/mol. The molecule has 0 saturated carbocycles. The second kappa shape index (κ2) is 6.73. The maximum absolute atomic E-state index is 11.7. The molecule has 3 rings (SSSR count). The van der Waals surface area contributed by atoms with Crippen LogP contribution in [0.15, 0.2) is 40.4 Å². The summed E-state index contributed by atoms with van der Waals surface area (Å²) in [5.41, 5.74) is 2.08. The van der Waals surface area contributed by atoms with Crippen molar-refractivity contribution in [1.82, 2.24) is 14.3 Å². The van der Waals surface area contributed by atoms with Crippen molar-refractivity contribution in [3.05, 3.63) is 56.6 Å². The molecule has 0 spiro atoms. The lowest BCUT2D eigenvalue weighted by Crippen LogP contribution is -2.30. The minimum absolute atomic E-state index is 0.391. The minimum atomic E-state index is -0.904. The summed E-state index contributed by atoms with van der Waals surface area (Å²) >= 11 is 4.77. The van der Waals surface area contributed by atoms with Crippen molar-refractivity contribution in [2.75, 3.05) is 7.05 Å². The SMILES string of the molecule is CN(Cc1cnc2ccc(C#N)cn12)C(C(=O)O)c1ccc(Br)s1. The number of halogens is 1. The number of fused-ring (bicyclic) bond motifs is 1. The van der Waals surface area contributed by atoms with Gasteiger partial charge in [0.15, 0.2) is 0 Å². The molecule has 0 amide bonds. The summed E-state index contributed by atoms with van der Waals surface area (Å²) in [5, 5.41) is 18.7. The molecule has 3 heterocycles. The van der Waals surface area contributed by atoms with E-state index in [1.54, 1.807) is 36.5 Å². The average Bonchev–Trinajstić information content (AvgIpc) is 3.13. The van der Waals surface area contributed by atoms with Gasteiger partial charge in [0.2, 0.25) is 0 Å². The standard InChI is InChI=1S/C16H13BrN4O2S/c1-20(15(16(22)23)12-3-4-13(17)24-12)9-11-7-19-14-5-2-10(6-18)8-21(11)14/h2-5,7-8,15H,9H2,1H3,(H,22,23). The Labute approximate surface area is 150 Å². The molecule has 1 N–H and O–H groups in total. The van der Waals surface area contributed by atoms with Crippen LogP contribution in [0.4, 0.5) is 0 Å². The van der Waals surface area contributed by atoms with Gasteiger partial charge in [0.1, 0.15) is 17.8 Å². The highest BCUT2D eigenvalue weighted by molar-refractivity contribution is 9.11. The smallest absolute Gasteiger partial charge is 0.326 e. The first-order valence-corrected chi connectivity index (χ1v) is 8.65. The van der Waals surface area contributed by atoms with Crippen LogP contribution >= 0.6 is 27.3 Å². The largest absolute Gasteiger partial charge is 0.480 e. The fourth-order valence-corrected chi connectivity index (χ4v) is 4.15. The first-order valence-electron chi connectivity index (χ1n) is 7.04. The second-order valence-electron chi connectivity index (χ2n) is 5.31. The van der Waals surface area contributed by atoms with Crippen LogP contribution in [-0.2, 0) is 11.3 Å². The van der Waals surface area contributed by atoms with Gasteiger partial charge in [-0.25, -0.2) is 4.98 Å². The summed E-state index contributed by atoms with van der Waals surface area (Å²) in [6.45, 7) is 0.391. The van der Waals surface area contributed by atoms with Crippen LogP contribution in [0.3, 0.4) is 0 Å². The third-order valence-electron chi connectivity index (χ3n) is 3.66. The molecule has 3 aromatic rings. The Bertz CT molecular complexity index is 943. The number of thiophene rings is 1. The van der Waals surface area contributed by atoms with Gasteiger partial charge in [-0.15, -0.1) is 11.3 Å². The summed E-state index contributed by atoms with van der Waals surface area (Å²) < 4.78 is 2.71. The number of carboxylic acids is 1. The third kappa shape index (κ3) is 3.19. The molecule has 0 aliphatic rings. The molecule has 0 aliphatic heterocycles. The van der Waals surface area contributed by atoms with Gasteiger partial charge in [0.05, 0.1) is 21.2 Å². The topological polar surface area (TPSA) is 81.6 Å². The highest BCUT2D eigenvalue weighted by atomic mass is 79.9. The highest BCUT2D eigenvalue weighted by Gasteiger charge is 2.27. The zero-order valence-corrected chi connectivity index (χ0v) is 15.1. The number of hydrogen-bond donors (Lipinski definition) is 1. The van der Waals surface area contributed by atoms with E-state index in [1.165, 1.54) is 11.3 Å². The number of nitriles is 1. The number of nitrogens with zero attached hydrogens (tertiary/aromatic N) is 4. The van der Waals surface area contributed by atoms with Gasteiger partial charge in [-0.3, -0.25) is 9.69 Å². The van der Waals surface area contributed by atoms with Gasteiger partial charge in [-0.05, 0) is 47.2 Å². The minimum Gasteiger partial charge on any atom is -0.480 e. The fraction of sp³-hybridized carbons (Fsp3) is 0.188. The molecular weight excluding hydrogens is 392 g/mol. The number of imidazole rings is 1. The molecule has 6 nitrogen and oxygen atoms in total. The molecule has 0 radical (unpaired) electrons. The molecule has 0 aliphatic carbocycles. The molecule has 3 aromatic heterocycles. The van der Waals surface area contributed by atoms with Crippen LogP contribution in [0.2, 0.25) is 0 Å². The van der Waals surface area contributed by atoms with Crippen LogP contribution in [0.1, 0.15) is 22.2 Å². The van der Waals surface area contributed by atoms with Crippen LogP contribution in [0.5, 0.6) is 0 Å². The van der Waals surface area contributed by atoms with E-state index in [1.807, 2.05) is 16.5 Å². The number of hydrogen-bond acceptors (Lipinski definition) is 5. The molecule has 24 heavy (non-hydrogen) atoms. The van der Waals surface area contributed by atoms with E-state index in [0.29, 0.717) is 12.1 Å². The monoisotopic (exact) mass is 404 g/mol. The first-order chi connectivity index (χ1) is 11.5. The number of pyridine rings is 1. The number of aromatic nitrogens is 2. The lowest BCUT2D eigenvalue weighted by atomic mass is 10.2. The Kier molecular flexibility index (Phi) is 4.66. The molecule has 122 valence electrons. The molecule has 1 unspecified atom stereocenters. The quantitative estimate of drug-likeness (QED) is 0.705. The molecule has 1 atom stereocenters. The maximum atomic E-state index is 11.7. The van der Waals surface area contributed by atoms with Crippen molar-refractivity contribution in [3.8, 4) is 6.07 Å². The Balaban J connectivity index is 1.92. The van der Waals surface area contributed by atoms with Gasteiger partial charge in [0, 0.05) is 17.6 Å². The number of likely N-dealkylation sites (N-methyl/N-ethyl adjacent to an activating group) is 1. The molecule has 8 heteroatoms. The Morgan fingerprint density at radius 1 is 1.50 bits per heavy atom. The Hall–Kier alpha value is -2.21. The molecular formula is C16H13BrN4O2S. The zero-order valence-electron chi connectivity index (χ0n) is 12.7. The van der Waals surface area contributed by atoms with E-state index in [2.05, 4.69) is 27.0 Å². The van der Waals surface area contributed by atoms with Gasteiger partial charge in [0.25, 0.3) is 0 Å². The molecule has 0 fully saturated rings. The fourth-order valence-electron chi connectivity index (χ4n) is 2.56. The van der Waals surface area contributed by atoms with Crippen LogP contribution in [0.25, 0.3) is 5.65 Å². The van der Waals surface area contributed by atoms with E-state index in [-0.39, 0.29) is 0 Å². The molecule has 0 aromatic carbocycles. The number of carboxylic acid groups (broad SMARTS) is 1. The van der Waals surface area contributed by atoms with Crippen molar-refractivity contribution in [1.29, 1.82) is 5.26 Å². The summed E-state index contributed by atoms with van der Waals surface area (Å²) in [6, 6.07) is 8.49. The zero-order chi connectivity index (χ0) is 17.3. The van der Waals surface area contributed by atoms with E-state index < -0.39 is 12.0 Å². The van der Waals surface area contributed by atoms with Crippen molar-refractivity contribution < 1.29 is 9.90 Å². The predicted octanol–water partition coefficient (Wildman–Crippen LogP) is 3.29. The van der Waals surface area contributed by atoms with Crippen LogP contribution in [0, 0.1) is 11.3 Å². The van der Waals surface area contributed by atoms with Crippen molar-refractivity contribution in [3.63, 3.8) is 0 Å². The maximum Gasteiger partial charge on any atom is 0.326 e. The van der Waals surface area contributed by atoms with Gasteiger partial charge in [-0.1, -0.05) is 0 Å². The Morgan fingerprint density at radius 2 is 2.29 bits per heavy atom. The lowest BCUT2D eigenvalue weighted by molar-refractivity contribution is -0.143. The Morgan fingerprint density at radius 3 is 2.92 bits per heavy atom. The van der Waals surface area contributed by atoms with Crippen molar-refractivity contribution in [2.45, 2.75) is 12.6 Å². The summed E-state index contributed by atoms with van der Waals surface area (Å²) in [7, 11) is 1.76. The van der Waals surface area contributed by atoms with Crippen LogP contribution < -0.4 is 0 Å². The normalized spacial score (nSPS) is 12.4. The van der Waals surface area contributed by atoms with Gasteiger partial charge >= 0.3 is 5.97 Å². The summed E-state index contributed by atoms with van der Waals surface area (Å²) in [6.07, 6.45) is 3.42. The predicted molar refractivity (Wildman–Crippen MR) is 93.8 cm³/mol. The third-order valence-corrected chi connectivity index (χ3v) is 5.34. The van der Waals surface area contributed by atoms with Gasteiger partial charge in [-0.2, -0.15) is 5.26 Å². The van der Waals surface area contributed by atoms with Crippen LogP contribution in [-0.4, -0.2) is 32.4 Å². The van der Waals surface area contributed by atoms with Gasteiger partial charge < -0.3 is 9.51 Å². The lowest BCUT2D eigenvalue weighted by Gasteiger charge is -2.23. The number of rotatable bonds is 5. The van der Waals surface area contributed by atoms with Crippen molar-refractivity contribution in [2.24, 2.45) is 0 Å². The van der Waals surface area contributed by atoms with E-state index in [0.717, 1.165) is 20.0 Å². The summed E-state index contributed by atoms with van der Waals surface area (Å²) in [4.78, 5) is 18.5. The first kappa shape index (κ1) is 16.6. The van der Waals surface area contributed by atoms with E-state index in [9.17, 15) is 9.90 Å². The second-order valence-corrected chi connectivity index (χ2v) is 7.80. The van der Waals surface area contributed by atoms with Crippen molar-refractivity contribution >= 4 is 38.9 Å². The van der Waals surface area contributed by atoms with E-state index in [4.69, 9.17) is 5.26 Å². The van der Waals surface area contributed by atoms with E-state index >= 15 is 0 Å². The number of carbonyl (C=O) groups is 1. The summed E-state index contributed by atoms with van der Waals surface area (Å²) in [5.74, 6) is -0.904. The molecule has 0 bridgehead atoms.